The minimum atomic E-state index is -2.88. The van der Waals surface area contributed by atoms with Gasteiger partial charge in [0.1, 0.15) is 23.6 Å². The summed E-state index contributed by atoms with van der Waals surface area (Å²) in [5.41, 5.74) is 2.05. The Balaban J connectivity index is 0.695. The van der Waals surface area contributed by atoms with Crippen LogP contribution in [-0.2, 0) is 27.3 Å². The summed E-state index contributed by atoms with van der Waals surface area (Å²) < 4.78 is 38.1. The molecule has 3 atom stereocenters. The molecule has 4 N–H and O–H groups in total. The lowest BCUT2D eigenvalue weighted by Gasteiger charge is -2.33. The molecule has 9 rings (SSSR count). The molecule has 2 amide bonds. The highest BCUT2D eigenvalue weighted by Crippen LogP contribution is 2.32. The van der Waals surface area contributed by atoms with Crippen molar-refractivity contribution < 1.29 is 37.7 Å². The zero-order valence-corrected chi connectivity index (χ0v) is 36.6. The van der Waals surface area contributed by atoms with Crippen molar-refractivity contribution in [1.29, 1.82) is 0 Å². The van der Waals surface area contributed by atoms with E-state index < -0.39 is 36.1 Å². The molecule has 66 heavy (non-hydrogen) atoms. The quantitative estimate of drug-likeness (QED) is 0.0881. The van der Waals surface area contributed by atoms with E-state index in [1.807, 2.05) is 24.7 Å². The molecule has 0 unspecified atom stereocenters. The second-order valence-corrected chi connectivity index (χ2v) is 18.0. The topological polar surface area (TPSA) is 204 Å². The molecule has 20 heteroatoms. The maximum absolute atomic E-state index is 14.2. The van der Waals surface area contributed by atoms with Crippen LogP contribution < -0.4 is 31.3 Å². The number of carboxylic acid groups (broad SMARTS) is 1. The number of aliphatic carboxylic acids is 1. The normalized spacial score (nSPS) is 23.4. The van der Waals surface area contributed by atoms with Gasteiger partial charge in [-0.1, -0.05) is 4.68 Å². The molecule has 3 saturated heterocycles. The molecular formula is C46H55F2N12O6+. The van der Waals surface area contributed by atoms with Crippen molar-refractivity contribution in [1.82, 2.24) is 34.8 Å². The van der Waals surface area contributed by atoms with E-state index in [1.165, 1.54) is 39.9 Å². The van der Waals surface area contributed by atoms with Gasteiger partial charge < -0.3 is 40.2 Å². The summed E-state index contributed by atoms with van der Waals surface area (Å²) in [5, 5.41) is 26.7. The highest BCUT2D eigenvalue weighted by molar-refractivity contribution is 6.09. The summed E-state index contributed by atoms with van der Waals surface area (Å²) in [4.78, 5) is 63.4. The van der Waals surface area contributed by atoms with Crippen molar-refractivity contribution in [3.05, 3.63) is 88.6 Å². The van der Waals surface area contributed by atoms with Gasteiger partial charge in [0.05, 0.1) is 48.4 Å². The number of fused-ring (bicyclic) bond motifs is 3. The number of morpholine rings is 1. The second kappa shape index (κ2) is 20.0. The number of carbonyl (C=O) groups is 3. The molecule has 4 aliphatic heterocycles. The summed E-state index contributed by atoms with van der Waals surface area (Å²) in [6.07, 6.45) is 18.1. The molecule has 348 valence electrons. The number of rotatable bonds is 17. The number of amides is 2. The van der Waals surface area contributed by atoms with Crippen LogP contribution in [0.5, 0.6) is 0 Å². The fraction of sp³-hybridized carbons (Fsp3) is 0.500. The minimum absolute atomic E-state index is 0.0436. The maximum Gasteiger partial charge on any atom is 0.323 e. The summed E-state index contributed by atoms with van der Waals surface area (Å²) in [6.45, 7) is 4.05. The van der Waals surface area contributed by atoms with Crippen molar-refractivity contribution in [2.24, 2.45) is 22.9 Å². The SMILES string of the molecule is O=C(O)Cn1cc(NC(=O)[C@H]2CCCN(c3cncc(CCCCNCC4CCC(/C=[N+]5/C=C(NC(=O)c6cnn7ccc(N8C[C@H]9C[C@@H]8CO9)nc67)C(C(F)F)=N5)CC4)c3)C2)ccc1=O. The number of unbranched alkanes of at least 4 members (excludes halogenated alkanes) is 1. The Morgan fingerprint density at radius 2 is 1.89 bits per heavy atom. The first kappa shape index (κ1) is 44.8. The van der Waals surface area contributed by atoms with Crippen molar-refractivity contribution >= 4 is 52.5 Å². The van der Waals surface area contributed by atoms with E-state index in [0.717, 1.165) is 112 Å². The number of pyridine rings is 2. The number of hydrogen-bond donors (Lipinski definition) is 4. The molecule has 8 heterocycles. The van der Waals surface area contributed by atoms with Gasteiger partial charge in [-0.25, -0.2) is 18.3 Å². The van der Waals surface area contributed by atoms with Crippen LogP contribution in [0.4, 0.5) is 26.0 Å². The molecule has 4 fully saturated rings. The van der Waals surface area contributed by atoms with Gasteiger partial charge in [-0.3, -0.25) is 24.2 Å². The number of ether oxygens (including phenoxy) is 1. The predicted octanol–water partition coefficient (Wildman–Crippen LogP) is 3.91. The molecular weight excluding hydrogens is 855 g/mol. The molecule has 0 spiro atoms. The standard InChI is InChI=1S/C46H54F2N12O6/c47-43(48)42-38(53-46(65)37-21-51-60-15-12-39(54-44(37)60)59-25-36-17-35(59)28-66-36)26-58(55-42)22-30-8-6-29(7-9-30)18-49-13-2-1-4-31-16-34(20-50-19-31)56-14-3-5-32(23-56)45(64)52-33-10-11-40(61)57(24-33)27-41(62)63/h10-12,15-16,19-22,24,26,29-30,32,35-36,43,49H,1-9,13-14,17-18,23,25,27-28H2,(H2-,52,53,62,63,64,65)/p+1/b58-22-/t29?,30?,32-,35+,36+/m0/s1. The van der Waals surface area contributed by atoms with Gasteiger partial charge in [0.15, 0.2) is 11.9 Å². The van der Waals surface area contributed by atoms with E-state index in [-0.39, 0.29) is 41.1 Å². The van der Waals surface area contributed by atoms with Crippen LogP contribution in [0, 0.1) is 17.8 Å². The van der Waals surface area contributed by atoms with Crippen molar-refractivity contribution in [2.75, 3.05) is 54.4 Å². The number of carbonyl (C=O) groups excluding carboxylic acids is 2. The zero-order chi connectivity index (χ0) is 45.7. The van der Waals surface area contributed by atoms with Gasteiger partial charge in [-0.15, -0.1) is 0 Å². The van der Waals surface area contributed by atoms with E-state index in [9.17, 15) is 28.0 Å². The Morgan fingerprint density at radius 3 is 2.68 bits per heavy atom. The minimum Gasteiger partial charge on any atom is -0.480 e. The molecule has 1 saturated carbocycles. The van der Waals surface area contributed by atoms with E-state index in [2.05, 4.69) is 47.0 Å². The Labute approximate surface area is 379 Å². The average molecular weight is 910 g/mol. The smallest absolute Gasteiger partial charge is 0.323 e. The number of nitrogens with one attached hydrogen (secondary N) is 3. The van der Waals surface area contributed by atoms with Crippen molar-refractivity contribution in [3.8, 4) is 0 Å². The summed E-state index contributed by atoms with van der Waals surface area (Å²) in [6, 6.07) is 6.98. The highest BCUT2D eigenvalue weighted by Gasteiger charge is 2.40. The van der Waals surface area contributed by atoms with Gasteiger partial charge in [0, 0.05) is 55.3 Å². The van der Waals surface area contributed by atoms with Crippen LogP contribution in [0.1, 0.15) is 73.7 Å². The Kier molecular flexibility index (Phi) is 13.6. The number of alkyl halides is 2. The Morgan fingerprint density at radius 1 is 1.03 bits per heavy atom. The van der Waals surface area contributed by atoms with Gasteiger partial charge in [0.25, 0.3) is 17.9 Å². The number of allylic oxidation sites excluding steroid dienone is 1. The van der Waals surface area contributed by atoms with Crippen LogP contribution in [0.3, 0.4) is 0 Å². The number of aryl methyl sites for hydroxylation is 1. The molecule has 2 bridgehead atoms. The van der Waals surface area contributed by atoms with Gasteiger partial charge in [-0.2, -0.15) is 5.10 Å². The highest BCUT2D eigenvalue weighted by atomic mass is 19.3. The van der Waals surface area contributed by atoms with E-state index in [0.29, 0.717) is 30.4 Å². The third-order valence-corrected chi connectivity index (χ3v) is 13.3. The molecule has 4 aromatic rings. The lowest BCUT2D eigenvalue weighted by atomic mass is 9.82. The van der Waals surface area contributed by atoms with E-state index in [1.54, 1.807) is 6.20 Å². The number of nitrogens with zero attached hydrogens (tertiary/aromatic N) is 9. The van der Waals surface area contributed by atoms with E-state index >= 15 is 0 Å². The lowest BCUT2D eigenvalue weighted by Crippen LogP contribution is -2.41. The average Bonchev–Trinajstić information content (AvgIpc) is 4.14. The first-order valence-electron chi connectivity index (χ1n) is 22.9. The summed E-state index contributed by atoms with van der Waals surface area (Å²) in [5.74, 6) is -0.752. The number of aromatic nitrogens is 5. The second-order valence-electron chi connectivity index (χ2n) is 18.0. The molecule has 1 aliphatic carbocycles. The third-order valence-electron chi connectivity index (χ3n) is 13.3. The molecule has 0 aromatic carbocycles. The Bertz CT molecular complexity index is 2600. The van der Waals surface area contributed by atoms with Gasteiger partial charge in [-0.05, 0) is 107 Å². The lowest BCUT2D eigenvalue weighted by molar-refractivity contribution is -0.456. The monoisotopic (exact) mass is 909 g/mol. The largest absolute Gasteiger partial charge is 0.480 e. The third kappa shape index (κ3) is 10.5. The first-order chi connectivity index (χ1) is 32.0. The van der Waals surface area contributed by atoms with Crippen LogP contribution in [-0.4, -0.2) is 122 Å². The van der Waals surface area contributed by atoms with Crippen molar-refractivity contribution in [2.45, 2.75) is 89.3 Å². The van der Waals surface area contributed by atoms with Gasteiger partial charge in [0.2, 0.25) is 17.8 Å². The number of hydrazone groups is 1. The number of halogens is 2. The van der Waals surface area contributed by atoms with Crippen LogP contribution in [0.25, 0.3) is 5.65 Å². The van der Waals surface area contributed by atoms with Crippen LogP contribution in [0.15, 0.2) is 77.0 Å². The van der Waals surface area contributed by atoms with E-state index in [4.69, 9.17) is 14.8 Å². The van der Waals surface area contributed by atoms with Gasteiger partial charge >= 0.3 is 5.97 Å². The molecule has 0 radical (unpaired) electrons. The summed E-state index contributed by atoms with van der Waals surface area (Å²) >= 11 is 0. The predicted molar refractivity (Wildman–Crippen MR) is 241 cm³/mol. The Hall–Kier alpha value is -6.41. The molecule has 5 aliphatic rings. The molecule has 4 aromatic heterocycles. The maximum atomic E-state index is 14.2. The number of hydrogen-bond acceptors (Lipinski definition) is 12. The number of piperidine rings is 1. The summed E-state index contributed by atoms with van der Waals surface area (Å²) in [7, 11) is 0. The fourth-order valence-electron chi connectivity index (χ4n) is 9.76. The molecule has 18 nitrogen and oxygen atoms in total. The van der Waals surface area contributed by atoms with Crippen molar-refractivity contribution in [3.63, 3.8) is 0 Å². The zero-order valence-electron chi connectivity index (χ0n) is 36.6. The number of carboxylic acids is 1. The van der Waals surface area contributed by atoms with Crippen LogP contribution >= 0.6 is 0 Å². The van der Waals surface area contributed by atoms with Crippen LogP contribution in [0.2, 0.25) is 0 Å². The fourth-order valence-corrected chi connectivity index (χ4v) is 9.76. The first-order valence-corrected chi connectivity index (χ1v) is 22.9. The number of anilines is 3.